The Balaban J connectivity index is 2.66. The third-order valence-electron chi connectivity index (χ3n) is 3.37. The predicted octanol–water partition coefficient (Wildman–Crippen LogP) is -3.54. The number of nitrogens with one attached hydrogen (secondary N) is 4. The van der Waals surface area contributed by atoms with Gasteiger partial charge in [0.2, 0.25) is 17.7 Å². The number of rotatable bonds is 10. The number of aromatic nitrogens is 2. The van der Waals surface area contributed by atoms with E-state index >= 15 is 0 Å². The van der Waals surface area contributed by atoms with Crippen LogP contribution in [0.15, 0.2) is 12.5 Å². The number of H-pyrrole nitrogens is 1. The van der Waals surface area contributed by atoms with Gasteiger partial charge in [-0.25, -0.2) is 9.78 Å². The first kappa shape index (κ1) is 21.1. The molecule has 12 nitrogen and oxygen atoms in total. The normalized spacial score (nSPS) is 14.0. The van der Waals surface area contributed by atoms with E-state index in [1.54, 1.807) is 0 Å². The minimum absolute atomic E-state index is 0.0594. The molecule has 8 N–H and O–H groups in total. The van der Waals surface area contributed by atoms with Gasteiger partial charge in [-0.3, -0.25) is 14.4 Å². The summed E-state index contributed by atoms with van der Waals surface area (Å²) in [6.07, 6.45) is 2.72. The second kappa shape index (κ2) is 10.1. The molecule has 1 rings (SSSR count). The molecule has 0 aliphatic carbocycles. The molecule has 1 heterocycles. The number of imidazole rings is 1. The first-order chi connectivity index (χ1) is 12.3. The molecular weight excluding hydrogens is 348 g/mol. The highest BCUT2D eigenvalue weighted by Crippen LogP contribution is 2.00. The van der Waals surface area contributed by atoms with Crippen molar-refractivity contribution in [3.63, 3.8) is 0 Å². The molecule has 0 fully saturated rings. The Morgan fingerprint density at radius 3 is 2.35 bits per heavy atom. The van der Waals surface area contributed by atoms with E-state index in [1.165, 1.54) is 19.4 Å². The van der Waals surface area contributed by atoms with Gasteiger partial charge in [0.25, 0.3) is 0 Å². The molecule has 0 aliphatic heterocycles. The van der Waals surface area contributed by atoms with Gasteiger partial charge >= 0.3 is 5.97 Å². The second-order valence-electron chi connectivity index (χ2n) is 5.42. The van der Waals surface area contributed by atoms with Crippen LogP contribution in [0.4, 0.5) is 0 Å². The quantitative estimate of drug-likeness (QED) is 0.219. The Kier molecular flexibility index (Phi) is 8.18. The van der Waals surface area contributed by atoms with Crippen molar-refractivity contribution in [2.24, 2.45) is 5.73 Å². The number of nitrogens with two attached hydrogens (primary N) is 1. The van der Waals surface area contributed by atoms with E-state index in [-0.39, 0.29) is 13.0 Å². The van der Waals surface area contributed by atoms with Crippen LogP contribution in [0.1, 0.15) is 12.6 Å². The predicted molar refractivity (Wildman–Crippen MR) is 87.5 cm³/mol. The molecule has 0 aliphatic rings. The Hall–Kier alpha value is -2.99. The molecule has 144 valence electrons. The van der Waals surface area contributed by atoms with Gasteiger partial charge in [0, 0.05) is 18.3 Å². The van der Waals surface area contributed by atoms with Crippen molar-refractivity contribution in [1.29, 1.82) is 0 Å². The third-order valence-corrected chi connectivity index (χ3v) is 3.37. The van der Waals surface area contributed by atoms with Gasteiger partial charge in [-0.2, -0.15) is 0 Å². The summed E-state index contributed by atoms with van der Waals surface area (Å²) >= 11 is 0. The van der Waals surface area contributed by atoms with Crippen LogP contribution in [0.3, 0.4) is 0 Å². The maximum Gasteiger partial charge on any atom is 0.326 e. The molecular formula is C14H22N6O6. The zero-order chi connectivity index (χ0) is 19.7. The maximum atomic E-state index is 12.2. The molecule has 0 aromatic carbocycles. The monoisotopic (exact) mass is 370 g/mol. The van der Waals surface area contributed by atoms with Gasteiger partial charge in [-0.05, 0) is 6.92 Å². The minimum atomic E-state index is -1.39. The molecule has 0 saturated carbocycles. The molecule has 3 amide bonds. The van der Waals surface area contributed by atoms with Crippen molar-refractivity contribution in [3.8, 4) is 0 Å². The lowest BCUT2D eigenvalue weighted by molar-refractivity contribution is -0.142. The summed E-state index contributed by atoms with van der Waals surface area (Å²) < 4.78 is 0. The van der Waals surface area contributed by atoms with Crippen LogP contribution in [0.2, 0.25) is 0 Å². The molecule has 26 heavy (non-hydrogen) atoms. The molecule has 3 unspecified atom stereocenters. The van der Waals surface area contributed by atoms with Crippen molar-refractivity contribution in [2.75, 3.05) is 13.2 Å². The van der Waals surface area contributed by atoms with Crippen molar-refractivity contribution in [2.45, 2.75) is 31.5 Å². The highest BCUT2D eigenvalue weighted by Gasteiger charge is 2.28. The summed E-state index contributed by atoms with van der Waals surface area (Å²) in [5.74, 6) is -3.48. The lowest BCUT2D eigenvalue weighted by atomic mass is 10.1. The summed E-state index contributed by atoms with van der Waals surface area (Å²) in [7, 11) is 0. The SMILES string of the molecule is CC(NC(=O)CN)C(=O)NC(CO)C(=O)NC(Cc1cnc[nH]1)C(=O)O. The number of amides is 3. The summed E-state index contributed by atoms with van der Waals surface area (Å²) in [5, 5.41) is 25.3. The van der Waals surface area contributed by atoms with Crippen LogP contribution in [0.5, 0.6) is 0 Å². The van der Waals surface area contributed by atoms with E-state index < -0.39 is 48.4 Å². The summed E-state index contributed by atoms with van der Waals surface area (Å²) in [6.45, 7) is 0.300. The first-order valence-electron chi connectivity index (χ1n) is 7.69. The average molecular weight is 370 g/mol. The first-order valence-corrected chi connectivity index (χ1v) is 7.69. The summed E-state index contributed by atoms with van der Waals surface area (Å²) in [6, 6.07) is -3.67. The number of carboxylic acids is 1. The lowest BCUT2D eigenvalue weighted by Crippen LogP contribution is -2.57. The second-order valence-corrected chi connectivity index (χ2v) is 5.42. The van der Waals surface area contributed by atoms with Gasteiger partial charge < -0.3 is 36.9 Å². The molecule has 1 aromatic heterocycles. The number of aliphatic hydroxyl groups excluding tert-OH is 1. The molecule has 0 bridgehead atoms. The maximum absolute atomic E-state index is 12.2. The Labute approximate surface area is 148 Å². The lowest BCUT2D eigenvalue weighted by Gasteiger charge is -2.21. The Morgan fingerprint density at radius 1 is 1.19 bits per heavy atom. The van der Waals surface area contributed by atoms with Crippen LogP contribution in [-0.2, 0) is 25.6 Å². The zero-order valence-corrected chi connectivity index (χ0v) is 14.1. The highest BCUT2D eigenvalue weighted by molar-refractivity contribution is 5.93. The van der Waals surface area contributed by atoms with Crippen molar-refractivity contribution < 1.29 is 29.4 Å². The van der Waals surface area contributed by atoms with Crippen LogP contribution >= 0.6 is 0 Å². The molecule has 3 atom stereocenters. The smallest absolute Gasteiger partial charge is 0.326 e. The number of carbonyl (C=O) groups is 4. The van der Waals surface area contributed by atoms with Crippen LogP contribution in [0.25, 0.3) is 0 Å². The van der Waals surface area contributed by atoms with E-state index in [9.17, 15) is 29.4 Å². The average Bonchev–Trinajstić information content (AvgIpc) is 3.11. The number of nitrogens with zero attached hydrogens (tertiary/aromatic N) is 1. The van der Waals surface area contributed by atoms with Crippen LogP contribution in [-0.4, -0.2) is 75.1 Å². The molecule has 0 spiro atoms. The standard InChI is InChI=1S/C14H22N6O6/c1-7(18-11(22)3-15)12(23)20-10(5-21)13(24)19-9(14(25)26)2-8-4-16-6-17-8/h4,6-7,9-10,21H,2-3,5,15H2,1H3,(H,16,17)(H,18,22)(H,19,24)(H,20,23)(H,25,26). The van der Waals surface area contributed by atoms with Gasteiger partial charge in [-0.15, -0.1) is 0 Å². The molecule has 1 aromatic rings. The number of aliphatic carboxylic acids is 1. The third kappa shape index (κ3) is 6.49. The number of carbonyl (C=O) groups excluding carboxylic acids is 3. The number of hydrogen-bond donors (Lipinski definition) is 7. The van der Waals surface area contributed by atoms with E-state index in [4.69, 9.17) is 5.73 Å². The minimum Gasteiger partial charge on any atom is -0.480 e. The summed E-state index contributed by atoms with van der Waals surface area (Å²) in [4.78, 5) is 53.1. The van der Waals surface area contributed by atoms with E-state index in [0.717, 1.165) is 0 Å². The Morgan fingerprint density at radius 2 is 1.85 bits per heavy atom. The number of aromatic amines is 1. The van der Waals surface area contributed by atoms with Crippen molar-refractivity contribution >= 4 is 23.7 Å². The fourth-order valence-corrected chi connectivity index (χ4v) is 1.95. The van der Waals surface area contributed by atoms with Crippen molar-refractivity contribution in [3.05, 3.63) is 18.2 Å². The van der Waals surface area contributed by atoms with Gasteiger partial charge in [0.05, 0.1) is 19.5 Å². The van der Waals surface area contributed by atoms with Gasteiger partial charge in [0.1, 0.15) is 18.1 Å². The zero-order valence-electron chi connectivity index (χ0n) is 14.1. The number of hydrogen-bond acceptors (Lipinski definition) is 7. The van der Waals surface area contributed by atoms with Crippen molar-refractivity contribution in [1.82, 2.24) is 25.9 Å². The van der Waals surface area contributed by atoms with E-state index in [0.29, 0.717) is 5.69 Å². The van der Waals surface area contributed by atoms with Crippen LogP contribution < -0.4 is 21.7 Å². The topological polar surface area (TPSA) is 200 Å². The molecule has 12 heteroatoms. The number of carboxylic acid groups (broad SMARTS) is 1. The number of aliphatic hydroxyl groups is 1. The summed E-state index contributed by atoms with van der Waals surface area (Å²) in [5.41, 5.74) is 5.61. The Bertz CT molecular complexity index is 634. The van der Waals surface area contributed by atoms with Crippen LogP contribution in [0, 0.1) is 0 Å². The molecule has 0 radical (unpaired) electrons. The van der Waals surface area contributed by atoms with E-state index in [1.807, 2.05) is 0 Å². The fraction of sp³-hybridized carbons (Fsp3) is 0.500. The highest BCUT2D eigenvalue weighted by atomic mass is 16.4. The molecule has 0 saturated heterocycles. The largest absolute Gasteiger partial charge is 0.480 e. The fourth-order valence-electron chi connectivity index (χ4n) is 1.95. The van der Waals surface area contributed by atoms with Gasteiger partial charge in [0.15, 0.2) is 0 Å². The van der Waals surface area contributed by atoms with E-state index in [2.05, 4.69) is 25.9 Å². The van der Waals surface area contributed by atoms with Gasteiger partial charge in [-0.1, -0.05) is 0 Å².